The van der Waals surface area contributed by atoms with Crippen LogP contribution in [0.5, 0.6) is 0 Å². The van der Waals surface area contributed by atoms with Crippen LogP contribution in [0.25, 0.3) is 10.2 Å². The number of carbonyl (C=O) groups is 1. The number of carbonyl (C=O) groups excluding carboxylic acids is 1. The molecule has 30 heavy (non-hydrogen) atoms. The highest BCUT2D eigenvalue weighted by atomic mass is 32.2. The number of sulfonamides is 1. The van der Waals surface area contributed by atoms with Crippen LogP contribution in [0.4, 0.5) is 5.69 Å². The maximum absolute atomic E-state index is 13.0. The molecule has 3 aromatic rings. The van der Waals surface area contributed by atoms with Crippen molar-refractivity contribution in [3.8, 4) is 0 Å². The number of benzene rings is 2. The number of amides is 1. The predicted molar refractivity (Wildman–Crippen MR) is 122 cm³/mol. The van der Waals surface area contributed by atoms with Crippen molar-refractivity contribution in [1.82, 2.24) is 9.71 Å². The number of fused-ring (bicyclic) bond motifs is 1. The van der Waals surface area contributed by atoms with Gasteiger partial charge < -0.3 is 5.32 Å². The molecule has 1 heterocycles. The summed E-state index contributed by atoms with van der Waals surface area (Å²) in [5.74, 6) is -0.233. The molecule has 0 saturated carbocycles. The Bertz CT molecular complexity index is 1140. The van der Waals surface area contributed by atoms with Gasteiger partial charge in [-0.2, -0.15) is 4.72 Å². The summed E-state index contributed by atoms with van der Waals surface area (Å²) in [6, 6.07) is 11.5. The average molecular weight is 446 g/mol. The number of anilines is 1. The lowest BCUT2D eigenvalue weighted by Crippen LogP contribution is -2.44. The molecular formula is C22H27N3O3S2. The van der Waals surface area contributed by atoms with Gasteiger partial charge in [0.1, 0.15) is 6.04 Å². The van der Waals surface area contributed by atoms with Crippen LogP contribution in [-0.4, -0.2) is 25.4 Å². The fourth-order valence-electron chi connectivity index (χ4n) is 3.18. The van der Waals surface area contributed by atoms with E-state index in [0.29, 0.717) is 12.1 Å². The minimum absolute atomic E-state index is 0.132. The van der Waals surface area contributed by atoms with Crippen LogP contribution >= 0.6 is 11.3 Å². The van der Waals surface area contributed by atoms with E-state index < -0.39 is 16.1 Å². The molecular weight excluding hydrogens is 418 g/mol. The molecule has 1 aromatic heterocycles. The highest BCUT2D eigenvalue weighted by Gasteiger charge is 2.27. The molecule has 160 valence electrons. The Morgan fingerprint density at radius 1 is 1.13 bits per heavy atom. The van der Waals surface area contributed by atoms with Gasteiger partial charge >= 0.3 is 0 Å². The van der Waals surface area contributed by atoms with E-state index in [-0.39, 0.29) is 16.7 Å². The standard InChI is InChI=1S/C22H27N3O3S2/c1-5-16-6-8-17(9-7-16)24-22(26)20(12-14(2)3)25-30(27,28)18-10-11-19-21(13-18)29-15(4)23-19/h6-11,13-14,20,25H,5,12H2,1-4H3,(H,24,26). The van der Waals surface area contributed by atoms with Crippen molar-refractivity contribution in [2.24, 2.45) is 5.92 Å². The van der Waals surface area contributed by atoms with Crippen LogP contribution < -0.4 is 10.0 Å². The van der Waals surface area contributed by atoms with E-state index in [1.807, 2.05) is 45.0 Å². The highest BCUT2D eigenvalue weighted by molar-refractivity contribution is 7.89. The van der Waals surface area contributed by atoms with Gasteiger partial charge in [0.05, 0.1) is 20.1 Å². The summed E-state index contributed by atoms with van der Waals surface area (Å²) < 4.78 is 29.4. The van der Waals surface area contributed by atoms with E-state index in [9.17, 15) is 13.2 Å². The first-order chi connectivity index (χ1) is 14.2. The fraction of sp³-hybridized carbons (Fsp3) is 0.364. The Morgan fingerprint density at radius 2 is 1.83 bits per heavy atom. The lowest BCUT2D eigenvalue weighted by Gasteiger charge is -2.20. The number of nitrogens with zero attached hydrogens (tertiary/aromatic N) is 1. The van der Waals surface area contributed by atoms with E-state index in [1.165, 1.54) is 23.0 Å². The summed E-state index contributed by atoms with van der Waals surface area (Å²) >= 11 is 1.44. The quantitative estimate of drug-likeness (QED) is 0.534. The zero-order valence-corrected chi connectivity index (χ0v) is 19.2. The van der Waals surface area contributed by atoms with Gasteiger partial charge in [0.2, 0.25) is 15.9 Å². The maximum atomic E-state index is 13.0. The number of nitrogens with one attached hydrogen (secondary N) is 2. The van der Waals surface area contributed by atoms with E-state index in [4.69, 9.17) is 0 Å². The molecule has 2 N–H and O–H groups in total. The molecule has 1 amide bonds. The van der Waals surface area contributed by atoms with Crippen molar-refractivity contribution in [1.29, 1.82) is 0 Å². The highest BCUT2D eigenvalue weighted by Crippen LogP contribution is 2.25. The van der Waals surface area contributed by atoms with E-state index in [1.54, 1.807) is 12.1 Å². The third kappa shape index (κ3) is 5.44. The first kappa shape index (κ1) is 22.4. The lowest BCUT2D eigenvalue weighted by molar-refractivity contribution is -0.118. The SMILES string of the molecule is CCc1ccc(NC(=O)C(CC(C)C)NS(=O)(=O)c2ccc3nc(C)sc3c2)cc1. The minimum Gasteiger partial charge on any atom is -0.325 e. The topological polar surface area (TPSA) is 88.2 Å². The summed E-state index contributed by atoms with van der Waals surface area (Å²) in [4.78, 5) is 17.4. The number of thiazole rings is 1. The maximum Gasteiger partial charge on any atom is 0.242 e. The molecule has 0 aliphatic carbocycles. The monoisotopic (exact) mass is 445 g/mol. The van der Waals surface area contributed by atoms with Crippen LogP contribution in [0.15, 0.2) is 47.4 Å². The van der Waals surface area contributed by atoms with Crippen molar-refractivity contribution in [3.05, 3.63) is 53.0 Å². The molecule has 2 aromatic carbocycles. The zero-order chi connectivity index (χ0) is 21.9. The van der Waals surface area contributed by atoms with Gasteiger partial charge in [0.25, 0.3) is 0 Å². The van der Waals surface area contributed by atoms with Gasteiger partial charge in [-0.25, -0.2) is 13.4 Å². The predicted octanol–water partition coefficient (Wildman–Crippen LogP) is 4.50. The molecule has 6 nitrogen and oxygen atoms in total. The summed E-state index contributed by atoms with van der Waals surface area (Å²) in [5, 5.41) is 3.71. The molecule has 0 aliphatic rings. The van der Waals surface area contributed by atoms with Crippen molar-refractivity contribution in [3.63, 3.8) is 0 Å². The van der Waals surface area contributed by atoms with Gasteiger partial charge in [0, 0.05) is 5.69 Å². The molecule has 0 aliphatic heterocycles. The molecule has 0 fully saturated rings. The third-order valence-electron chi connectivity index (χ3n) is 4.73. The Kier molecular flexibility index (Phi) is 6.90. The van der Waals surface area contributed by atoms with Gasteiger partial charge in [-0.3, -0.25) is 4.79 Å². The van der Waals surface area contributed by atoms with Crippen LogP contribution in [0.2, 0.25) is 0 Å². The van der Waals surface area contributed by atoms with Crippen molar-refractivity contribution in [2.75, 3.05) is 5.32 Å². The first-order valence-electron chi connectivity index (χ1n) is 9.97. The van der Waals surface area contributed by atoms with Crippen LogP contribution in [0.3, 0.4) is 0 Å². The smallest absolute Gasteiger partial charge is 0.242 e. The van der Waals surface area contributed by atoms with E-state index in [2.05, 4.69) is 21.9 Å². The second-order valence-corrected chi connectivity index (χ2v) is 10.7. The number of aromatic nitrogens is 1. The number of hydrogen-bond donors (Lipinski definition) is 2. The number of hydrogen-bond acceptors (Lipinski definition) is 5. The normalized spacial score (nSPS) is 13.0. The fourth-order valence-corrected chi connectivity index (χ4v) is 5.35. The van der Waals surface area contributed by atoms with Crippen molar-refractivity contribution >= 4 is 43.2 Å². The lowest BCUT2D eigenvalue weighted by atomic mass is 10.0. The molecule has 8 heteroatoms. The van der Waals surface area contributed by atoms with Gasteiger partial charge in [-0.15, -0.1) is 11.3 Å². The Morgan fingerprint density at radius 3 is 2.47 bits per heavy atom. The summed E-state index contributed by atoms with van der Waals surface area (Å²) in [7, 11) is -3.87. The average Bonchev–Trinajstić information content (AvgIpc) is 3.06. The Labute approximate surface area is 181 Å². The summed E-state index contributed by atoms with van der Waals surface area (Å²) in [5.41, 5.74) is 2.58. The van der Waals surface area contributed by atoms with Crippen LogP contribution in [0.1, 0.15) is 37.8 Å². The van der Waals surface area contributed by atoms with E-state index in [0.717, 1.165) is 21.6 Å². The van der Waals surface area contributed by atoms with Crippen molar-refractivity contribution in [2.45, 2.75) is 51.5 Å². The van der Waals surface area contributed by atoms with E-state index >= 15 is 0 Å². The molecule has 1 atom stereocenters. The second-order valence-electron chi connectivity index (χ2n) is 7.71. The van der Waals surface area contributed by atoms with Crippen LogP contribution in [-0.2, 0) is 21.2 Å². The van der Waals surface area contributed by atoms with Gasteiger partial charge in [-0.05, 0) is 61.6 Å². The third-order valence-corrected chi connectivity index (χ3v) is 7.13. The molecule has 3 rings (SSSR count). The molecule has 0 spiro atoms. The molecule has 1 unspecified atom stereocenters. The number of rotatable bonds is 8. The summed E-state index contributed by atoms with van der Waals surface area (Å²) in [6.45, 7) is 7.85. The second kappa shape index (κ2) is 9.24. The van der Waals surface area contributed by atoms with Crippen LogP contribution in [0, 0.1) is 12.8 Å². The minimum atomic E-state index is -3.87. The largest absolute Gasteiger partial charge is 0.325 e. The van der Waals surface area contributed by atoms with Crippen molar-refractivity contribution < 1.29 is 13.2 Å². The zero-order valence-electron chi connectivity index (χ0n) is 17.6. The first-order valence-corrected chi connectivity index (χ1v) is 12.3. The number of aryl methyl sites for hydroxylation is 2. The summed E-state index contributed by atoms with van der Waals surface area (Å²) in [6.07, 6.45) is 1.30. The Hall–Kier alpha value is -2.29. The molecule has 0 bridgehead atoms. The molecule has 0 saturated heterocycles. The Balaban J connectivity index is 1.81. The molecule has 0 radical (unpaired) electrons. The van der Waals surface area contributed by atoms with Gasteiger partial charge in [-0.1, -0.05) is 32.9 Å². The van der Waals surface area contributed by atoms with Gasteiger partial charge in [0.15, 0.2) is 0 Å².